The van der Waals surface area contributed by atoms with Gasteiger partial charge in [-0.1, -0.05) is 27.7 Å². The Bertz CT molecular complexity index is 832. The number of nitrogens with two attached hydrogens (primary N) is 1. The molecule has 0 saturated carbocycles. The van der Waals surface area contributed by atoms with Crippen LogP contribution in [0.3, 0.4) is 0 Å². The van der Waals surface area contributed by atoms with E-state index in [2.05, 4.69) is 31.2 Å². The Kier molecular flexibility index (Phi) is 14.1. The normalized spacial score (nSPS) is 14.7. The van der Waals surface area contributed by atoms with Gasteiger partial charge in [-0.2, -0.15) is 11.8 Å². The lowest BCUT2D eigenvalue weighted by Gasteiger charge is -2.26. The van der Waals surface area contributed by atoms with Gasteiger partial charge in [0.1, 0.15) is 18.1 Å². The van der Waals surface area contributed by atoms with Crippen LogP contribution in [0.4, 0.5) is 0 Å². The summed E-state index contributed by atoms with van der Waals surface area (Å²) in [7, 11) is 0. The van der Waals surface area contributed by atoms with Crippen LogP contribution in [0.5, 0.6) is 0 Å². The van der Waals surface area contributed by atoms with Crippen molar-refractivity contribution in [2.24, 2.45) is 17.6 Å². The summed E-state index contributed by atoms with van der Waals surface area (Å²) in [5.74, 6) is -0.871. The maximum atomic E-state index is 13.3. The van der Waals surface area contributed by atoms with Crippen LogP contribution >= 0.6 is 11.8 Å². The number of rotatable bonds is 17. The predicted molar refractivity (Wildman–Crippen MR) is 142 cm³/mol. The van der Waals surface area contributed by atoms with E-state index < -0.39 is 35.8 Å². The third-order valence-corrected chi connectivity index (χ3v) is 6.47. The van der Waals surface area contributed by atoms with Gasteiger partial charge in [0.2, 0.25) is 23.6 Å². The lowest BCUT2D eigenvalue weighted by atomic mass is 10.0. The molecule has 0 aliphatic heterocycles. The van der Waals surface area contributed by atoms with Crippen LogP contribution < -0.4 is 27.0 Å². The molecule has 0 fully saturated rings. The van der Waals surface area contributed by atoms with E-state index in [0.717, 1.165) is 0 Å². The van der Waals surface area contributed by atoms with Crippen molar-refractivity contribution >= 4 is 35.4 Å². The van der Waals surface area contributed by atoms with Gasteiger partial charge in [0.25, 0.3) is 0 Å². The number of aromatic nitrogens is 2. The minimum Gasteiger partial charge on any atom is -0.368 e. The van der Waals surface area contributed by atoms with Gasteiger partial charge in [-0.15, -0.1) is 0 Å². The van der Waals surface area contributed by atoms with Crippen molar-refractivity contribution in [3.05, 3.63) is 18.2 Å². The summed E-state index contributed by atoms with van der Waals surface area (Å²) >= 11 is 1.54. The largest absolute Gasteiger partial charge is 0.368 e. The highest BCUT2D eigenvalue weighted by Crippen LogP contribution is 2.09. The summed E-state index contributed by atoms with van der Waals surface area (Å²) in [5.41, 5.74) is 6.12. The van der Waals surface area contributed by atoms with E-state index in [-0.39, 0.29) is 30.8 Å². The zero-order valence-electron chi connectivity index (χ0n) is 22.2. The highest BCUT2D eigenvalue weighted by Gasteiger charge is 2.30. The third kappa shape index (κ3) is 11.9. The molecule has 1 rings (SSSR count). The smallest absolute Gasteiger partial charge is 0.243 e. The fourth-order valence-electron chi connectivity index (χ4n) is 3.33. The van der Waals surface area contributed by atoms with Crippen molar-refractivity contribution in [1.29, 1.82) is 0 Å². The monoisotopic (exact) mass is 525 g/mol. The fourth-order valence-corrected chi connectivity index (χ4v) is 3.80. The number of carbonyl (C=O) groups is 4. The summed E-state index contributed by atoms with van der Waals surface area (Å²) < 4.78 is 0. The van der Waals surface area contributed by atoms with Gasteiger partial charge >= 0.3 is 0 Å². The Morgan fingerprint density at radius 3 is 2.17 bits per heavy atom. The van der Waals surface area contributed by atoms with Crippen LogP contribution in [0, 0.1) is 11.8 Å². The Morgan fingerprint density at radius 1 is 1.00 bits per heavy atom. The van der Waals surface area contributed by atoms with Crippen LogP contribution in [0.1, 0.15) is 53.2 Å². The summed E-state index contributed by atoms with van der Waals surface area (Å²) in [5, 5.41) is 11.4. The Hall–Kier alpha value is -2.60. The topological polar surface area (TPSA) is 171 Å². The van der Waals surface area contributed by atoms with Gasteiger partial charge in [-0.3, -0.25) is 19.2 Å². The average Bonchev–Trinajstić information content (AvgIpc) is 3.31. The number of imidazole rings is 1. The second-order valence-corrected chi connectivity index (χ2v) is 10.7. The quantitative estimate of drug-likeness (QED) is 0.170. The molecule has 0 aliphatic rings. The Balaban J connectivity index is 2.97. The number of primary amides is 1. The van der Waals surface area contributed by atoms with Crippen LogP contribution in [0.15, 0.2) is 12.5 Å². The molecule has 0 radical (unpaired) electrons. The van der Waals surface area contributed by atoms with Crippen LogP contribution in [-0.4, -0.2) is 76.3 Å². The number of hydrogen-bond acceptors (Lipinski definition) is 7. The van der Waals surface area contributed by atoms with Gasteiger partial charge in [0, 0.05) is 24.4 Å². The number of nitrogens with one attached hydrogen (secondary N) is 5. The average molecular weight is 526 g/mol. The van der Waals surface area contributed by atoms with Crippen molar-refractivity contribution in [2.45, 2.75) is 78.0 Å². The standard InChI is InChI=1S/C24H43N7O4S/c1-14(2)9-19(23(34)30-18(22(25)33)7-8-36-6)31-24(35)20(10-17-11-26-13-28-17)29-21(32)12-27-16(5)15(3)4/h11,13-16,18-20,27H,7-10,12H2,1-6H3,(H2,25,33)(H,26,28)(H,29,32)(H,30,34)(H,31,35)/t16-,18-,19?,20-/m0/s1. The number of H-pyrrole nitrogens is 1. The van der Waals surface area contributed by atoms with E-state index in [0.29, 0.717) is 30.2 Å². The van der Waals surface area contributed by atoms with Crippen molar-refractivity contribution in [3.8, 4) is 0 Å². The number of aromatic amines is 1. The maximum Gasteiger partial charge on any atom is 0.243 e. The number of thioether (sulfide) groups is 1. The van der Waals surface area contributed by atoms with Crippen molar-refractivity contribution in [1.82, 2.24) is 31.2 Å². The SMILES string of the molecule is CSCC[C@H](NC(=O)C(CC(C)C)NC(=O)[C@H](Cc1cnc[nH]1)NC(=O)CN[C@@H](C)C(C)C)C(N)=O. The minimum atomic E-state index is -0.931. The maximum absolute atomic E-state index is 13.3. The number of amides is 4. The molecule has 11 nitrogen and oxygen atoms in total. The summed E-state index contributed by atoms with van der Waals surface area (Å²) in [6, 6.07) is -2.53. The molecule has 0 aromatic carbocycles. The van der Waals surface area contributed by atoms with E-state index in [4.69, 9.17) is 5.73 Å². The molecule has 36 heavy (non-hydrogen) atoms. The molecule has 1 unspecified atom stereocenters. The number of nitrogens with zero attached hydrogens (tertiary/aromatic N) is 1. The van der Waals surface area contributed by atoms with Gasteiger partial charge in [0.05, 0.1) is 12.9 Å². The molecule has 4 amide bonds. The summed E-state index contributed by atoms with van der Waals surface area (Å²) in [6.45, 7) is 9.99. The predicted octanol–water partition coefficient (Wildman–Crippen LogP) is 0.325. The molecule has 0 spiro atoms. The molecule has 12 heteroatoms. The lowest BCUT2D eigenvalue weighted by Crippen LogP contribution is -2.57. The molecular formula is C24H43N7O4S. The van der Waals surface area contributed by atoms with Crippen molar-refractivity contribution in [2.75, 3.05) is 18.6 Å². The van der Waals surface area contributed by atoms with Crippen molar-refractivity contribution < 1.29 is 19.2 Å². The molecule has 0 bridgehead atoms. The molecule has 7 N–H and O–H groups in total. The van der Waals surface area contributed by atoms with E-state index in [1.54, 1.807) is 18.0 Å². The minimum absolute atomic E-state index is 0.0533. The molecule has 4 atom stereocenters. The van der Waals surface area contributed by atoms with Gasteiger partial charge < -0.3 is 32.0 Å². The first-order valence-electron chi connectivity index (χ1n) is 12.3. The highest BCUT2D eigenvalue weighted by atomic mass is 32.2. The second kappa shape index (κ2) is 16.2. The van der Waals surface area contributed by atoms with Gasteiger partial charge in [0.15, 0.2) is 0 Å². The van der Waals surface area contributed by atoms with Crippen molar-refractivity contribution in [3.63, 3.8) is 0 Å². The number of hydrogen-bond donors (Lipinski definition) is 6. The van der Waals surface area contributed by atoms with Gasteiger partial charge in [-0.05, 0) is 43.6 Å². The first-order chi connectivity index (χ1) is 16.9. The molecule has 1 heterocycles. The zero-order valence-corrected chi connectivity index (χ0v) is 23.0. The molecule has 204 valence electrons. The first kappa shape index (κ1) is 31.4. The van der Waals surface area contributed by atoms with Crippen LogP contribution in [0.25, 0.3) is 0 Å². The molecule has 1 aromatic rings. The molecule has 1 aromatic heterocycles. The molecule has 0 saturated heterocycles. The van der Waals surface area contributed by atoms with E-state index >= 15 is 0 Å². The summed E-state index contributed by atoms with van der Waals surface area (Å²) in [6.07, 6.45) is 5.88. The number of carbonyl (C=O) groups excluding carboxylic acids is 4. The summed E-state index contributed by atoms with van der Waals surface area (Å²) in [4.78, 5) is 57.7. The Labute approximate surface area is 218 Å². The third-order valence-electron chi connectivity index (χ3n) is 5.83. The van der Waals surface area contributed by atoms with E-state index in [9.17, 15) is 19.2 Å². The van der Waals surface area contributed by atoms with Gasteiger partial charge in [-0.25, -0.2) is 4.98 Å². The lowest BCUT2D eigenvalue weighted by molar-refractivity contribution is -0.133. The van der Waals surface area contributed by atoms with Crippen LogP contribution in [0.2, 0.25) is 0 Å². The zero-order chi connectivity index (χ0) is 27.3. The fraction of sp³-hybridized carbons (Fsp3) is 0.708. The van der Waals surface area contributed by atoms with E-state index in [1.807, 2.05) is 40.9 Å². The second-order valence-electron chi connectivity index (χ2n) is 9.75. The van der Waals surface area contributed by atoms with Crippen LogP contribution in [-0.2, 0) is 25.6 Å². The van der Waals surface area contributed by atoms with E-state index in [1.165, 1.54) is 6.33 Å². The first-order valence-corrected chi connectivity index (χ1v) is 13.7. The molecular weight excluding hydrogens is 482 g/mol. The Morgan fingerprint density at radius 2 is 1.64 bits per heavy atom. The molecule has 0 aliphatic carbocycles. The highest BCUT2D eigenvalue weighted by molar-refractivity contribution is 7.98.